The maximum Gasteiger partial charge on any atom is 0.417 e. The Labute approximate surface area is 139 Å². The summed E-state index contributed by atoms with van der Waals surface area (Å²) in [5, 5.41) is 3.06. The lowest BCUT2D eigenvalue weighted by Crippen LogP contribution is -2.41. The van der Waals surface area contributed by atoms with Gasteiger partial charge < -0.3 is 10.2 Å². The van der Waals surface area contributed by atoms with Crippen LogP contribution in [0.4, 0.5) is 19.0 Å². The van der Waals surface area contributed by atoms with Gasteiger partial charge in [0.25, 0.3) is 0 Å². The predicted molar refractivity (Wildman–Crippen MR) is 84.6 cm³/mol. The molecule has 1 aromatic rings. The van der Waals surface area contributed by atoms with Crippen molar-refractivity contribution in [3.8, 4) is 0 Å². The van der Waals surface area contributed by atoms with Crippen LogP contribution in [0.3, 0.4) is 0 Å². The predicted octanol–water partition coefficient (Wildman–Crippen LogP) is 3.38. The Hall–Kier alpha value is -1.79. The van der Waals surface area contributed by atoms with Crippen molar-refractivity contribution in [2.45, 2.75) is 50.7 Å². The standard InChI is InChI=1S/C17H22F3N3O/c18-17(19,20)13-4-5-15(21-11-13)23-8-6-12(7-9-23)10-16(24)22-14-2-1-3-14/h4-5,11-12,14H,1-3,6-10H2,(H,22,24). The van der Waals surface area contributed by atoms with Crippen LogP contribution in [0, 0.1) is 5.92 Å². The molecule has 24 heavy (non-hydrogen) atoms. The number of aromatic nitrogens is 1. The number of carbonyl (C=O) groups excluding carboxylic acids is 1. The molecule has 0 radical (unpaired) electrons. The molecule has 1 aliphatic heterocycles. The van der Waals surface area contributed by atoms with E-state index < -0.39 is 11.7 Å². The maximum absolute atomic E-state index is 12.6. The van der Waals surface area contributed by atoms with Gasteiger partial charge in [0.05, 0.1) is 5.56 Å². The highest BCUT2D eigenvalue weighted by Gasteiger charge is 2.31. The Morgan fingerprint density at radius 1 is 1.21 bits per heavy atom. The smallest absolute Gasteiger partial charge is 0.357 e. The summed E-state index contributed by atoms with van der Waals surface area (Å²) in [6.45, 7) is 1.44. The van der Waals surface area contributed by atoms with Gasteiger partial charge in [-0.3, -0.25) is 4.79 Å². The number of hydrogen-bond acceptors (Lipinski definition) is 3. The van der Waals surface area contributed by atoms with Crippen LogP contribution >= 0.6 is 0 Å². The van der Waals surface area contributed by atoms with Gasteiger partial charge in [0.15, 0.2) is 0 Å². The molecule has 2 heterocycles. The van der Waals surface area contributed by atoms with E-state index in [1.165, 1.54) is 12.5 Å². The summed E-state index contributed by atoms with van der Waals surface area (Å²) >= 11 is 0. The zero-order chi connectivity index (χ0) is 17.2. The van der Waals surface area contributed by atoms with Crippen LogP contribution in [-0.2, 0) is 11.0 Å². The Morgan fingerprint density at radius 3 is 2.42 bits per heavy atom. The number of rotatable bonds is 4. The average Bonchev–Trinajstić information content (AvgIpc) is 2.51. The normalized spacial score (nSPS) is 19.9. The number of halogens is 3. The van der Waals surface area contributed by atoms with Gasteiger partial charge in [-0.15, -0.1) is 0 Å². The second kappa shape index (κ2) is 6.99. The molecule has 2 fully saturated rings. The van der Waals surface area contributed by atoms with E-state index in [9.17, 15) is 18.0 Å². The summed E-state index contributed by atoms with van der Waals surface area (Å²) in [5.74, 6) is 1.04. The van der Waals surface area contributed by atoms with Crippen molar-refractivity contribution >= 4 is 11.7 Å². The summed E-state index contributed by atoms with van der Waals surface area (Å²) in [7, 11) is 0. The second-order valence-electron chi connectivity index (χ2n) is 6.73. The van der Waals surface area contributed by atoms with Crippen molar-refractivity contribution in [2.24, 2.45) is 5.92 Å². The molecule has 0 unspecified atom stereocenters. The fourth-order valence-corrected chi connectivity index (χ4v) is 3.21. The van der Waals surface area contributed by atoms with Crippen molar-refractivity contribution in [3.05, 3.63) is 23.9 Å². The molecule has 3 rings (SSSR count). The molecule has 4 nitrogen and oxygen atoms in total. The van der Waals surface area contributed by atoms with E-state index in [2.05, 4.69) is 10.3 Å². The fourth-order valence-electron chi connectivity index (χ4n) is 3.21. The first kappa shape index (κ1) is 17.0. The average molecular weight is 341 g/mol. The minimum absolute atomic E-state index is 0.130. The van der Waals surface area contributed by atoms with E-state index in [-0.39, 0.29) is 5.91 Å². The van der Waals surface area contributed by atoms with E-state index in [0.29, 0.717) is 24.2 Å². The van der Waals surface area contributed by atoms with Crippen LogP contribution in [0.5, 0.6) is 0 Å². The van der Waals surface area contributed by atoms with E-state index in [1.807, 2.05) is 4.90 Å². The van der Waals surface area contributed by atoms with Gasteiger partial charge in [-0.05, 0) is 50.2 Å². The van der Waals surface area contributed by atoms with Crippen LogP contribution in [0.25, 0.3) is 0 Å². The summed E-state index contributed by atoms with van der Waals surface area (Å²) in [5.41, 5.74) is -0.728. The Morgan fingerprint density at radius 2 is 1.92 bits per heavy atom. The molecule has 1 aromatic heterocycles. The lowest BCUT2D eigenvalue weighted by Gasteiger charge is -2.33. The molecule has 0 aromatic carbocycles. The number of alkyl halides is 3. The molecule has 2 aliphatic rings. The summed E-state index contributed by atoms with van der Waals surface area (Å²) in [6.07, 6.45) is 2.17. The molecule has 0 bridgehead atoms. The summed E-state index contributed by atoms with van der Waals surface area (Å²) in [6, 6.07) is 2.86. The van der Waals surface area contributed by atoms with E-state index in [1.54, 1.807) is 0 Å². The van der Waals surface area contributed by atoms with E-state index >= 15 is 0 Å². The van der Waals surface area contributed by atoms with Crippen LogP contribution in [0.2, 0.25) is 0 Å². The zero-order valence-corrected chi connectivity index (χ0v) is 13.5. The highest BCUT2D eigenvalue weighted by Crippen LogP contribution is 2.30. The highest BCUT2D eigenvalue weighted by molar-refractivity contribution is 5.76. The first-order chi connectivity index (χ1) is 11.4. The Balaban J connectivity index is 1.47. The first-order valence-corrected chi connectivity index (χ1v) is 8.49. The third kappa shape index (κ3) is 4.19. The van der Waals surface area contributed by atoms with Crippen LogP contribution in [-0.4, -0.2) is 30.0 Å². The maximum atomic E-state index is 12.6. The van der Waals surface area contributed by atoms with Gasteiger partial charge >= 0.3 is 6.18 Å². The van der Waals surface area contributed by atoms with Crippen LogP contribution < -0.4 is 10.2 Å². The van der Waals surface area contributed by atoms with Crippen molar-refractivity contribution in [1.29, 1.82) is 0 Å². The number of piperidine rings is 1. The Kier molecular flexibility index (Phi) is 4.96. The fraction of sp³-hybridized carbons (Fsp3) is 0.647. The minimum Gasteiger partial charge on any atom is -0.357 e. The SMILES string of the molecule is O=C(CC1CCN(c2ccc(C(F)(F)F)cn2)CC1)NC1CCC1. The van der Waals surface area contributed by atoms with Crippen molar-refractivity contribution in [1.82, 2.24) is 10.3 Å². The van der Waals surface area contributed by atoms with Gasteiger partial charge in [-0.1, -0.05) is 0 Å². The van der Waals surface area contributed by atoms with E-state index in [0.717, 1.165) is 51.0 Å². The largest absolute Gasteiger partial charge is 0.417 e. The van der Waals surface area contributed by atoms with Crippen molar-refractivity contribution in [3.63, 3.8) is 0 Å². The number of hydrogen-bond donors (Lipinski definition) is 1. The topological polar surface area (TPSA) is 45.2 Å². The molecule has 0 atom stereocenters. The quantitative estimate of drug-likeness (QED) is 0.913. The number of nitrogens with one attached hydrogen (secondary N) is 1. The summed E-state index contributed by atoms with van der Waals surface area (Å²) < 4.78 is 37.7. The zero-order valence-electron chi connectivity index (χ0n) is 13.5. The molecule has 132 valence electrons. The third-order valence-corrected chi connectivity index (χ3v) is 4.96. The molecule has 0 spiro atoms. The molecular formula is C17H22F3N3O. The number of amides is 1. The van der Waals surface area contributed by atoms with Crippen LogP contribution in [0.1, 0.15) is 44.1 Å². The first-order valence-electron chi connectivity index (χ1n) is 8.49. The molecule has 1 aliphatic carbocycles. The van der Waals surface area contributed by atoms with Gasteiger partial charge in [-0.2, -0.15) is 13.2 Å². The molecular weight excluding hydrogens is 319 g/mol. The van der Waals surface area contributed by atoms with Gasteiger partial charge in [-0.25, -0.2) is 4.98 Å². The lowest BCUT2D eigenvalue weighted by atomic mass is 9.90. The van der Waals surface area contributed by atoms with Gasteiger partial charge in [0.1, 0.15) is 5.82 Å². The lowest BCUT2D eigenvalue weighted by molar-refractivity contribution is -0.137. The third-order valence-electron chi connectivity index (χ3n) is 4.96. The number of carbonyl (C=O) groups is 1. The highest BCUT2D eigenvalue weighted by atomic mass is 19.4. The molecule has 1 saturated heterocycles. The van der Waals surface area contributed by atoms with Gasteiger partial charge in [0.2, 0.25) is 5.91 Å². The molecule has 1 saturated carbocycles. The minimum atomic E-state index is -4.35. The molecule has 7 heteroatoms. The van der Waals surface area contributed by atoms with Gasteiger partial charge in [0, 0.05) is 31.7 Å². The number of nitrogens with zero attached hydrogens (tertiary/aromatic N) is 2. The molecule has 1 amide bonds. The summed E-state index contributed by atoms with van der Waals surface area (Å²) in [4.78, 5) is 17.9. The molecule has 1 N–H and O–H groups in total. The van der Waals surface area contributed by atoms with Crippen LogP contribution in [0.15, 0.2) is 18.3 Å². The van der Waals surface area contributed by atoms with Crippen molar-refractivity contribution < 1.29 is 18.0 Å². The van der Waals surface area contributed by atoms with Crippen molar-refractivity contribution in [2.75, 3.05) is 18.0 Å². The Bertz CT molecular complexity index is 561. The number of pyridine rings is 1. The second-order valence-corrected chi connectivity index (χ2v) is 6.73. The van der Waals surface area contributed by atoms with E-state index in [4.69, 9.17) is 0 Å². The number of anilines is 1. The monoisotopic (exact) mass is 341 g/mol.